The molecule has 168 valence electrons. The van der Waals surface area contributed by atoms with Gasteiger partial charge in [-0.15, -0.1) is 0 Å². The fraction of sp³-hybridized carbons (Fsp3) is 0.308. The van der Waals surface area contributed by atoms with Gasteiger partial charge in [0.2, 0.25) is 0 Å². The van der Waals surface area contributed by atoms with Crippen molar-refractivity contribution < 1.29 is 19.4 Å². The highest BCUT2D eigenvalue weighted by atomic mass is 16.5. The summed E-state index contributed by atoms with van der Waals surface area (Å²) in [5, 5.41) is 9.84. The van der Waals surface area contributed by atoms with Crippen molar-refractivity contribution in [3.05, 3.63) is 87.2 Å². The van der Waals surface area contributed by atoms with E-state index in [9.17, 15) is 14.7 Å². The van der Waals surface area contributed by atoms with Crippen molar-refractivity contribution in [1.82, 2.24) is 4.57 Å². The second kappa shape index (κ2) is 10.3. The Morgan fingerprint density at radius 2 is 1.78 bits per heavy atom. The van der Waals surface area contributed by atoms with Crippen LogP contribution in [0, 0.1) is 13.8 Å². The molecule has 0 saturated carbocycles. The quantitative estimate of drug-likeness (QED) is 0.529. The number of nitrogens with zero attached hydrogens (tertiary/aromatic N) is 1. The largest absolute Gasteiger partial charge is 0.488 e. The Hall–Kier alpha value is -3.38. The molecule has 32 heavy (non-hydrogen) atoms. The van der Waals surface area contributed by atoms with Crippen molar-refractivity contribution in [3.8, 4) is 17.0 Å². The van der Waals surface area contributed by atoms with E-state index in [1.54, 1.807) is 11.5 Å². The fourth-order valence-electron chi connectivity index (χ4n) is 3.42. The molecule has 3 rings (SSSR count). The standard InChI is InChI=1S/C26H29NO5/c1-5-31-26(30)22-14-27(19(4)15-28)23(13-24(22)29)21-11-17(2)18(3)12-25(21)32-16-20-9-7-6-8-10-20/h6-14,19,28H,5,15-16H2,1-4H3/t19-/m1/s1. The molecule has 1 atom stereocenters. The Labute approximate surface area is 188 Å². The zero-order chi connectivity index (χ0) is 23.3. The smallest absolute Gasteiger partial charge is 0.343 e. The molecule has 0 radical (unpaired) electrons. The number of carbonyl (C=O) groups excluding carboxylic acids is 1. The summed E-state index contributed by atoms with van der Waals surface area (Å²) in [6, 6.07) is 14.8. The van der Waals surface area contributed by atoms with Crippen molar-refractivity contribution in [1.29, 1.82) is 0 Å². The number of aliphatic hydroxyl groups excluding tert-OH is 1. The summed E-state index contributed by atoms with van der Waals surface area (Å²) in [6.45, 7) is 7.87. The van der Waals surface area contributed by atoms with Crippen LogP contribution < -0.4 is 10.2 Å². The Kier molecular flexibility index (Phi) is 7.49. The number of aryl methyl sites for hydroxylation is 2. The number of hydrogen-bond acceptors (Lipinski definition) is 5. The summed E-state index contributed by atoms with van der Waals surface area (Å²) < 4.78 is 12.9. The molecular formula is C26H29NO5. The van der Waals surface area contributed by atoms with E-state index >= 15 is 0 Å². The van der Waals surface area contributed by atoms with Crippen LogP contribution in [0.15, 0.2) is 59.5 Å². The van der Waals surface area contributed by atoms with Crippen LogP contribution in [0.5, 0.6) is 5.75 Å². The molecule has 0 saturated heterocycles. The number of aromatic nitrogens is 1. The molecule has 1 aromatic heterocycles. The monoisotopic (exact) mass is 435 g/mol. The number of benzene rings is 2. The lowest BCUT2D eigenvalue weighted by Gasteiger charge is -2.22. The van der Waals surface area contributed by atoms with Crippen molar-refractivity contribution in [2.24, 2.45) is 0 Å². The van der Waals surface area contributed by atoms with Gasteiger partial charge in [0.1, 0.15) is 17.9 Å². The molecule has 0 aliphatic rings. The third-order valence-electron chi connectivity index (χ3n) is 5.42. The highest BCUT2D eigenvalue weighted by Crippen LogP contribution is 2.34. The number of pyridine rings is 1. The molecule has 6 nitrogen and oxygen atoms in total. The molecule has 1 N–H and O–H groups in total. The average Bonchev–Trinajstić information content (AvgIpc) is 2.79. The maximum atomic E-state index is 12.8. The van der Waals surface area contributed by atoms with Crippen molar-refractivity contribution in [2.75, 3.05) is 13.2 Å². The van der Waals surface area contributed by atoms with E-state index in [4.69, 9.17) is 9.47 Å². The minimum Gasteiger partial charge on any atom is -0.488 e. The zero-order valence-corrected chi connectivity index (χ0v) is 18.9. The molecule has 3 aromatic rings. The van der Waals surface area contributed by atoms with Crippen LogP contribution in [0.4, 0.5) is 0 Å². The SMILES string of the molecule is CCOC(=O)c1cn([C@H](C)CO)c(-c2cc(C)c(C)cc2OCc2ccccc2)cc1=O. The van der Waals surface area contributed by atoms with Gasteiger partial charge in [0.15, 0.2) is 5.43 Å². The molecular weight excluding hydrogens is 406 g/mol. The van der Waals surface area contributed by atoms with E-state index in [-0.39, 0.29) is 24.8 Å². The number of esters is 1. The first kappa shape index (κ1) is 23.3. The van der Waals surface area contributed by atoms with Crippen LogP contribution in [0.3, 0.4) is 0 Å². The van der Waals surface area contributed by atoms with Gasteiger partial charge in [0, 0.05) is 17.8 Å². The predicted molar refractivity (Wildman–Crippen MR) is 124 cm³/mol. The Morgan fingerprint density at radius 1 is 1.09 bits per heavy atom. The summed E-state index contributed by atoms with van der Waals surface area (Å²) in [4.78, 5) is 25.1. The first-order valence-corrected chi connectivity index (χ1v) is 10.7. The Bertz CT molecular complexity index is 1150. The van der Waals surface area contributed by atoms with Crippen LogP contribution in [0.25, 0.3) is 11.3 Å². The minimum atomic E-state index is -0.677. The first-order valence-electron chi connectivity index (χ1n) is 10.7. The third kappa shape index (κ3) is 5.08. The molecule has 0 amide bonds. The summed E-state index contributed by atoms with van der Waals surface area (Å²) in [7, 11) is 0. The van der Waals surface area contributed by atoms with Crippen LogP contribution in [0.2, 0.25) is 0 Å². The highest BCUT2D eigenvalue weighted by Gasteiger charge is 2.20. The second-order valence-electron chi connectivity index (χ2n) is 7.80. The van der Waals surface area contributed by atoms with E-state index in [0.717, 1.165) is 22.3 Å². The highest BCUT2D eigenvalue weighted by molar-refractivity contribution is 5.89. The lowest BCUT2D eigenvalue weighted by atomic mass is 10.0. The van der Waals surface area contributed by atoms with Crippen LogP contribution >= 0.6 is 0 Å². The normalized spacial score (nSPS) is 11.8. The maximum Gasteiger partial charge on any atom is 0.343 e. The van der Waals surface area contributed by atoms with Gasteiger partial charge in [-0.25, -0.2) is 4.79 Å². The van der Waals surface area contributed by atoms with E-state index in [1.807, 2.05) is 63.2 Å². The van der Waals surface area contributed by atoms with Crippen LogP contribution in [0.1, 0.15) is 46.9 Å². The van der Waals surface area contributed by atoms with Crippen molar-refractivity contribution >= 4 is 5.97 Å². The van der Waals surface area contributed by atoms with Crippen molar-refractivity contribution in [3.63, 3.8) is 0 Å². The van der Waals surface area contributed by atoms with Crippen LogP contribution in [-0.2, 0) is 11.3 Å². The number of hydrogen-bond donors (Lipinski definition) is 1. The Balaban J connectivity index is 2.14. The van der Waals surface area contributed by atoms with Crippen LogP contribution in [-0.4, -0.2) is 28.9 Å². The second-order valence-corrected chi connectivity index (χ2v) is 7.80. The first-order chi connectivity index (χ1) is 15.3. The molecule has 6 heteroatoms. The Morgan fingerprint density at radius 3 is 2.44 bits per heavy atom. The van der Waals surface area contributed by atoms with E-state index < -0.39 is 11.4 Å². The van der Waals surface area contributed by atoms with Crippen molar-refractivity contribution in [2.45, 2.75) is 40.3 Å². The minimum absolute atomic E-state index is 0.0634. The molecule has 0 aliphatic heterocycles. The van der Waals surface area contributed by atoms with Gasteiger partial charge in [-0.05, 0) is 56.5 Å². The molecule has 0 aliphatic carbocycles. The summed E-state index contributed by atoms with van der Waals surface area (Å²) in [5.41, 5.74) is 3.91. The summed E-state index contributed by atoms with van der Waals surface area (Å²) in [6.07, 6.45) is 1.46. The number of ether oxygens (including phenoxy) is 2. The number of rotatable bonds is 8. The van der Waals surface area contributed by atoms with Gasteiger partial charge < -0.3 is 19.1 Å². The molecule has 2 aromatic carbocycles. The van der Waals surface area contributed by atoms with E-state index in [0.29, 0.717) is 18.1 Å². The van der Waals surface area contributed by atoms with Gasteiger partial charge in [0.05, 0.1) is 24.9 Å². The average molecular weight is 436 g/mol. The van der Waals surface area contributed by atoms with Gasteiger partial charge in [-0.3, -0.25) is 4.79 Å². The molecule has 0 unspecified atom stereocenters. The van der Waals surface area contributed by atoms with E-state index in [2.05, 4.69) is 0 Å². The van der Waals surface area contributed by atoms with Gasteiger partial charge >= 0.3 is 5.97 Å². The number of carbonyl (C=O) groups is 1. The molecule has 0 bridgehead atoms. The van der Waals surface area contributed by atoms with E-state index in [1.165, 1.54) is 12.3 Å². The molecule has 0 fully saturated rings. The topological polar surface area (TPSA) is 77.8 Å². The maximum absolute atomic E-state index is 12.8. The molecule has 0 spiro atoms. The fourth-order valence-corrected chi connectivity index (χ4v) is 3.42. The molecule has 1 heterocycles. The lowest BCUT2D eigenvalue weighted by molar-refractivity contribution is 0.0523. The van der Waals surface area contributed by atoms with Gasteiger partial charge in [-0.2, -0.15) is 0 Å². The number of aliphatic hydroxyl groups is 1. The predicted octanol–water partition coefficient (Wildman–Crippen LogP) is 4.44. The lowest BCUT2D eigenvalue weighted by Crippen LogP contribution is -2.23. The summed E-state index contributed by atoms with van der Waals surface area (Å²) in [5.74, 6) is -0.0531. The summed E-state index contributed by atoms with van der Waals surface area (Å²) >= 11 is 0. The third-order valence-corrected chi connectivity index (χ3v) is 5.42. The van der Waals surface area contributed by atoms with Gasteiger partial charge in [0.25, 0.3) is 0 Å². The zero-order valence-electron chi connectivity index (χ0n) is 18.9. The van der Waals surface area contributed by atoms with Gasteiger partial charge in [-0.1, -0.05) is 30.3 Å².